The standard InChI is InChI=1S/C14H18FNO3/c1-14(2,3)19-13(17)11(15)7-9-5-6-10(18-4)8-12(9)16/h5-8H,16H2,1-4H3/b11-7-. The molecule has 2 N–H and O–H groups in total. The SMILES string of the molecule is COc1ccc(/C=C(\F)C(=O)OC(C)(C)C)c(N)c1. The minimum absolute atomic E-state index is 0.318. The van der Waals surface area contributed by atoms with E-state index < -0.39 is 17.4 Å². The second-order valence-electron chi connectivity index (χ2n) is 4.99. The number of anilines is 1. The van der Waals surface area contributed by atoms with E-state index >= 15 is 0 Å². The molecule has 0 unspecified atom stereocenters. The fourth-order valence-electron chi connectivity index (χ4n) is 1.33. The quantitative estimate of drug-likeness (QED) is 0.519. The van der Waals surface area contributed by atoms with Crippen LogP contribution in [0.4, 0.5) is 10.1 Å². The Labute approximate surface area is 112 Å². The van der Waals surface area contributed by atoms with Crippen molar-refractivity contribution in [3.63, 3.8) is 0 Å². The van der Waals surface area contributed by atoms with E-state index in [0.29, 0.717) is 17.0 Å². The van der Waals surface area contributed by atoms with Crippen molar-refractivity contribution in [3.05, 3.63) is 29.6 Å². The molecule has 0 aliphatic carbocycles. The highest BCUT2D eigenvalue weighted by Gasteiger charge is 2.20. The molecule has 0 fully saturated rings. The van der Waals surface area contributed by atoms with Crippen molar-refractivity contribution >= 4 is 17.7 Å². The maximum atomic E-state index is 13.7. The van der Waals surface area contributed by atoms with Gasteiger partial charge in [-0.1, -0.05) is 0 Å². The van der Waals surface area contributed by atoms with E-state index in [4.69, 9.17) is 15.2 Å². The number of nitrogens with two attached hydrogens (primary N) is 1. The normalized spacial score (nSPS) is 12.2. The largest absolute Gasteiger partial charge is 0.497 e. The van der Waals surface area contributed by atoms with Gasteiger partial charge in [-0.2, -0.15) is 4.39 Å². The molecule has 0 aliphatic rings. The third-order valence-electron chi connectivity index (χ3n) is 2.17. The predicted molar refractivity (Wildman–Crippen MR) is 72.3 cm³/mol. The molecule has 0 saturated carbocycles. The molecule has 19 heavy (non-hydrogen) atoms. The number of halogens is 1. The van der Waals surface area contributed by atoms with E-state index in [-0.39, 0.29) is 0 Å². The maximum Gasteiger partial charge on any atom is 0.367 e. The van der Waals surface area contributed by atoms with E-state index in [1.54, 1.807) is 39.0 Å². The van der Waals surface area contributed by atoms with Crippen molar-refractivity contribution in [1.82, 2.24) is 0 Å². The first-order valence-corrected chi connectivity index (χ1v) is 5.77. The third kappa shape index (κ3) is 4.62. The minimum atomic E-state index is -1.01. The van der Waals surface area contributed by atoms with Crippen LogP contribution in [0.1, 0.15) is 26.3 Å². The highest BCUT2D eigenvalue weighted by Crippen LogP contribution is 2.23. The number of carbonyl (C=O) groups is 1. The molecule has 1 aromatic carbocycles. The van der Waals surface area contributed by atoms with Crippen molar-refractivity contribution in [1.29, 1.82) is 0 Å². The molecule has 0 saturated heterocycles. The number of ether oxygens (including phenoxy) is 2. The first kappa shape index (κ1) is 15.0. The Morgan fingerprint density at radius 2 is 2.00 bits per heavy atom. The Bertz CT molecular complexity index is 504. The lowest BCUT2D eigenvalue weighted by atomic mass is 10.1. The molecule has 0 aliphatic heterocycles. The second-order valence-corrected chi connectivity index (χ2v) is 4.99. The molecule has 1 aromatic rings. The highest BCUT2D eigenvalue weighted by molar-refractivity contribution is 5.92. The monoisotopic (exact) mass is 267 g/mol. The van der Waals surface area contributed by atoms with Crippen LogP contribution in [0, 0.1) is 0 Å². The molecule has 0 bridgehead atoms. The Morgan fingerprint density at radius 3 is 2.47 bits per heavy atom. The van der Waals surface area contributed by atoms with Crippen LogP contribution in [0.15, 0.2) is 24.0 Å². The Balaban J connectivity index is 2.93. The number of carbonyl (C=O) groups excluding carboxylic acids is 1. The zero-order valence-corrected chi connectivity index (χ0v) is 11.5. The summed E-state index contributed by atoms with van der Waals surface area (Å²) >= 11 is 0. The molecule has 1 rings (SSSR count). The molecular weight excluding hydrogens is 249 g/mol. The van der Waals surface area contributed by atoms with E-state index in [1.807, 2.05) is 0 Å². The van der Waals surface area contributed by atoms with Gasteiger partial charge in [0.1, 0.15) is 11.4 Å². The molecular formula is C14H18FNO3. The highest BCUT2D eigenvalue weighted by atomic mass is 19.1. The van der Waals surface area contributed by atoms with Crippen molar-refractivity contribution in [2.45, 2.75) is 26.4 Å². The van der Waals surface area contributed by atoms with Crippen LogP contribution < -0.4 is 10.5 Å². The van der Waals surface area contributed by atoms with Crippen molar-refractivity contribution in [2.75, 3.05) is 12.8 Å². The summed E-state index contributed by atoms with van der Waals surface area (Å²) in [6.45, 7) is 5.00. The molecule has 4 nitrogen and oxygen atoms in total. The van der Waals surface area contributed by atoms with Gasteiger partial charge in [0.15, 0.2) is 0 Å². The molecule has 0 amide bonds. The van der Waals surface area contributed by atoms with Crippen LogP contribution in [0.25, 0.3) is 6.08 Å². The zero-order chi connectivity index (χ0) is 14.6. The van der Waals surface area contributed by atoms with E-state index in [0.717, 1.165) is 6.08 Å². The molecule has 0 radical (unpaired) electrons. The predicted octanol–water partition coefficient (Wildman–Crippen LogP) is 2.93. The number of methoxy groups -OCH3 is 1. The number of esters is 1. The van der Waals surface area contributed by atoms with Crippen molar-refractivity contribution in [2.24, 2.45) is 0 Å². The van der Waals surface area contributed by atoms with Crippen molar-refractivity contribution < 1.29 is 18.7 Å². The van der Waals surface area contributed by atoms with E-state index in [1.165, 1.54) is 7.11 Å². The summed E-state index contributed by atoms with van der Waals surface area (Å²) in [6.07, 6.45) is 1.04. The summed E-state index contributed by atoms with van der Waals surface area (Å²) in [5, 5.41) is 0. The van der Waals surface area contributed by atoms with Gasteiger partial charge >= 0.3 is 5.97 Å². The molecule has 0 heterocycles. The molecule has 0 spiro atoms. The van der Waals surface area contributed by atoms with Gasteiger partial charge in [-0.3, -0.25) is 0 Å². The number of benzene rings is 1. The smallest absolute Gasteiger partial charge is 0.367 e. The van der Waals surface area contributed by atoms with Crippen LogP contribution >= 0.6 is 0 Å². The summed E-state index contributed by atoms with van der Waals surface area (Å²) < 4.78 is 23.6. The first-order chi connectivity index (χ1) is 8.73. The average molecular weight is 267 g/mol. The lowest BCUT2D eigenvalue weighted by Gasteiger charge is -2.18. The minimum Gasteiger partial charge on any atom is -0.497 e. The van der Waals surface area contributed by atoms with Gasteiger partial charge in [0.25, 0.3) is 0 Å². The van der Waals surface area contributed by atoms with Crippen molar-refractivity contribution in [3.8, 4) is 5.75 Å². The van der Waals surface area contributed by atoms with Gasteiger partial charge in [-0.05, 0) is 39.0 Å². The number of nitrogen functional groups attached to an aromatic ring is 1. The van der Waals surface area contributed by atoms with Gasteiger partial charge in [0, 0.05) is 17.3 Å². The van der Waals surface area contributed by atoms with Gasteiger partial charge in [-0.15, -0.1) is 0 Å². The van der Waals surface area contributed by atoms with E-state index in [9.17, 15) is 9.18 Å². The third-order valence-corrected chi connectivity index (χ3v) is 2.17. The summed E-state index contributed by atoms with van der Waals surface area (Å²) in [5.41, 5.74) is 5.70. The zero-order valence-electron chi connectivity index (χ0n) is 11.5. The number of hydrogen-bond donors (Lipinski definition) is 1. The molecule has 104 valence electrons. The fraction of sp³-hybridized carbons (Fsp3) is 0.357. The maximum absolute atomic E-state index is 13.7. The molecule has 5 heteroatoms. The van der Waals surface area contributed by atoms with Crippen LogP contribution in [0.5, 0.6) is 5.75 Å². The Kier molecular flexibility index (Phi) is 4.53. The van der Waals surface area contributed by atoms with Gasteiger partial charge < -0.3 is 15.2 Å². The molecule has 0 atom stereocenters. The summed E-state index contributed by atoms with van der Waals surface area (Å²) in [5.74, 6) is -1.44. The van der Waals surface area contributed by atoms with Crippen LogP contribution in [-0.4, -0.2) is 18.7 Å². The van der Waals surface area contributed by atoms with Gasteiger partial charge in [-0.25, -0.2) is 4.79 Å². The summed E-state index contributed by atoms with van der Waals surface area (Å²) in [4.78, 5) is 11.5. The van der Waals surface area contributed by atoms with Crippen LogP contribution in [0.3, 0.4) is 0 Å². The summed E-state index contributed by atoms with van der Waals surface area (Å²) in [6, 6.07) is 4.75. The van der Waals surface area contributed by atoms with Crippen LogP contribution in [-0.2, 0) is 9.53 Å². The van der Waals surface area contributed by atoms with Gasteiger partial charge in [0.2, 0.25) is 5.83 Å². The van der Waals surface area contributed by atoms with E-state index in [2.05, 4.69) is 0 Å². The lowest BCUT2D eigenvalue weighted by molar-refractivity contribution is -0.151. The lowest BCUT2D eigenvalue weighted by Crippen LogP contribution is -2.24. The van der Waals surface area contributed by atoms with Gasteiger partial charge in [0.05, 0.1) is 7.11 Å². The fourth-order valence-corrected chi connectivity index (χ4v) is 1.33. The topological polar surface area (TPSA) is 61.5 Å². The second kappa shape index (κ2) is 5.73. The Morgan fingerprint density at radius 1 is 1.37 bits per heavy atom. The Hall–Kier alpha value is -2.04. The summed E-state index contributed by atoms with van der Waals surface area (Å²) in [7, 11) is 1.51. The number of hydrogen-bond acceptors (Lipinski definition) is 4. The number of rotatable bonds is 3. The van der Waals surface area contributed by atoms with Crippen LogP contribution in [0.2, 0.25) is 0 Å². The average Bonchev–Trinajstić information content (AvgIpc) is 2.29. The molecule has 0 aromatic heterocycles. The first-order valence-electron chi connectivity index (χ1n) is 5.77.